The fraction of sp³-hybridized carbons (Fsp3) is 0.357. The zero-order valence-electron chi connectivity index (χ0n) is 10.3. The normalized spacial score (nSPS) is 12.6. The summed E-state index contributed by atoms with van der Waals surface area (Å²) in [7, 11) is 1.62. The summed E-state index contributed by atoms with van der Waals surface area (Å²) in [6.07, 6.45) is 3.94. The Hall–Kier alpha value is -1.61. The van der Waals surface area contributed by atoms with Crippen LogP contribution in [0, 0.1) is 0 Å². The largest absolute Gasteiger partial charge is 0.458 e. The van der Waals surface area contributed by atoms with Crippen molar-refractivity contribution in [2.24, 2.45) is 0 Å². The predicted octanol–water partition coefficient (Wildman–Crippen LogP) is 2.71. The summed E-state index contributed by atoms with van der Waals surface area (Å²) in [5.74, 6) is -0.343. The summed E-state index contributed by atoms with van der Waals surface area (Å²) in [5, 5.41) is 0. The lowest BCUT2D eigenvalue weighted by Crippen LogP contribution is -2.07. The predicted molar refractivity (Wildman–Crippen MR) is 66.5 cm³/mol. The van der Waals surface area contributed by atoms with Crippen molar-refractivity contribution in [3.05, 3.63) is 48.0 Å². The van der Waals surface area contributed by atoms with Gasteiger partial charge in [0.2, 0.25) is 0 Å². The molecule has 0 aliphatic carbocycles. The number of carbonyl (C=O) groups excluding carboxylic acids is 1. The van der Waals surface area contributed by atoms with Crippen LogP contribution in [0.4, 0.5) is 0 Å². The molecule has 1 unspecified atom stereocenters. The zero-order chi connectivity index (χ0) is 12.5. The first-order valence-corrected chi connectivity index (χ1v) is 5.68. The standard InChI is InChI=1S/C14H18O3/c1-3-13(16-2)9-10-14(15)17-11-12-7-5-4-6-8-12/h4-10,13H,3,11H2,1-2H3/b10-9+. The highest BCUT2D eigenvalue weighted by Gasteiger charge is 2.01. The lowest BCUT2D eigenvalue weighted by Gasteiger charge is -2.06. The van der Waals surface area contributed by atoms with Gasteiger partial charge in [0.15, 0.2) is 0 Å². The Balaban J connectivity index is 2.35. The molecule has 92 valence electrons. The third-order valence-corrected chi connectivity index (χ3v) is 2.38. The van der Waals surface area contributed by atoms with Crippen LogP contribution in [-0.4, -0.2) is 19.2 Å². The van der Waals surface area contributed by atoms with Gasteiger partial charge in [-0.2, -0.15) is 0 Å². The van der Waals surface area contributed by atoms with Crippen LogP contribution >= 0.6 is 0 Å². The van der Waals surface area contributed by atoms with E-state index < -0.39 is 0 Å². The second kappa shape index (κ2) is 7.63. The number of hydrogen-bond acceptors (Lipinski definition) is 3. The van der Waals surface area contributed by atoms with Gasteiger partial charge in [0.25, 0.3) is 0 Å². The van der Waals surface area contributed by atoms with Gasteiger partial charge in [0, 0.05) is 13.2 Å². The number of carbonyl (C=O) groups is 1. The average Bonchev–Trinajstić information content (AvgIpc) is 2.39. The van der Waals surface area contributed by atoms with Crippen molar-refractivity contribution in [1.29, 1.82) is 0 Å². The van der Waals surface area contributed by atoms with Crippen molar-refractivity contribution in [3.63, 3.8) is 0 Å². The lowest BCUT2D eigenvalue weighted by molar-refractivity contribution is -0.139. The highest BCUT2D eigenvalue weighted by atomic mass is 16.5. The zero-order valence-corrected chi connectivity index (χ0v) is 10.3. The minimum Gasteiger partial charge on any atom is -0.458 e. The summed E-state index contributed by atoms with van der Waals surface area (Å²) in [4.78, 5) is 11.4. The van der Waals surface area contributed by atoms with E-state index in [2.05, 4.69) is 0 Å². The first kappa shape index (κ1) is 13.5. The third kappa shape index (κ3) is 5.31. The summed E-state index contributed by atoms with van der Waals surface area (Å²) < 4.78 is 10.2. The Bertz CT molecular complexity index is 353. The number of ether oxygens (including phenoxy) is 2. The SMILES string of the molecule is CCC(/C=C/C(=O)OCc1ccccc1)OC. The molecule has 0 aromatic heterocycles. The summed E-state index contributed by atoms with van der Waals surface area (Å²) >= 11 is 0. The van der Waals surface area contributed by atoms with E-state index in [0.717, 1.165) is 12.0 Å². The van der Waals surface area contributed by atoms with E-state index in [1.54, 1.807) is 13.2 Å². The Morgan fingerprint density at radius 3 is 2.65 bits per heavy atom. The lowest BCUT2D eigenvalue weighted by atomic mass is 10.2. The van der Waals surface area contributed by atoms with E-state index in [1.165, 1.54) is 6.08 Å². The van der Waals surface area contributed by atoms with Crippen LogP contribution in [0.1, 0.15) is 18.9 Å². The van der Waals surface area contributed by atoms with Gasteiger partial charge in [-0.15, -0.1) is 0 Å². The molecule has 3 nitrogen and oxygen atoms in total. The van der Waals surface area contributed by atoms with Crippen molar-refractivity contribution in [1.82, 2.24) is 0 Å². The third-order valence-electron chi connectivity index (χ3n) is 2.38. The molecule has 0 aliphatic rings. The number of rotatable bonds is 6. The maximum Gasteiger partial charge on any atom is 0.330 e. The summed E-state index contributed by atoms with van der Waals surface area (Å²) in [5.41, 5.74) is 0.980. The van der Waals surface area contributed by atoms with E-state index >= 15 is 0 Å². The Morgan fingerprint density at radius 2 is 2.06 bits per heavy atom. The van der Waals surface area contributed by atoms with E-state index in [-0.39, 0.29) is 12.1 Å². The summed E-state index contributed by atoms with van der Waals surface area (Å²) in [6.45, 7) is 2.29. The second-order valence-corrected chi connectivity index (χ2v) is 3.63. The van der Waals surface area contributed by atoms with Gasteiger partial charge in [0.05, 0.1) is 6.10 Å². The van der Waals surface area contributed by atoms with Gasteiger partial charge >= 0.3 is 5.97 Å². The highest BCUT2D eigenvalue weighted by Crippen LogP contribution is 2.02. The van der Waals surface area contributed by atoms with Crippen molar-refractivity contribution < 1.29 is 14.3 Å². The van der Waals surface area contributed by atoms with Crippen molar-refractivity contribution in [2.45, 2.75) is 26.1 Å². The molecule has 17 heavy (non-hydrogen) atoms. The number of esters is 1. The molecule has 0 saturated heterocycles. The molecule has 1 atom stereocenters. The van der Waals surface area contributed by atoms with Crippen molar-refractivity contribution in [3.8, 4) is 0 Å². The quantitative estimate of drug-likeness (QED) is 0.561. The highest BCUT2D eigenvalue weighted by molar-refractivity contribution is 5.81. The minimum absolute atomic E-state index is 0.0284. The van der Waals surface area contributed by atoms with Crippen LogP contribution in [0.15, 0.2) is 42.5 Å². The maximum absolute atomic E-state index is 11.4. The minimum atomic E-state index is -0.343. The molecule has 0 aliphatic heterocycles. The van der Waals surface area contributed by atoms with Gasteiger partial charge in [-0.05, 0) is 18.1 Å². The van der Waals surface area contributed by atoms with E-state index in [0.29, 0.717) is 6.61 Å². The molecule has 0 saturated carbocycles. The average molecular weight is 234 g/mol. The molecule has 1 rings (SSSR count). The molecule has 0 radical (unpaired) electrons. The van der Waals surface area contributed by atoms with Crippen LogP contribution in [0.5, 0.6) is 0 Å². The van der Waals surface area contributed by atoms with Gasteiger partial charge < -0.3 is 9.47 Å². The van der Waals surface area contributed by atoms with E-state index in [9.17, 15) is 4.79 Å². The molecule has 1 aromatic rings. The smallest absolute Gasteiger partial charge is 0.330 e. The molecule has 0 bridgehead atoms. The molecule has 0 amide bonds. The number of benzene rings is 1. The first-order chi connectivity index (χ1) is 8.26. The molecular formula is C14H18O3. The molecule has 0 fully saturated rings. The molecular weight excluding hydrogens is 216 g/mol. The number of hydrogen-bond donors (Lipinski definition) is 0. The molecule has 1 aromatic carbocycles. The van der Waals surface area contributed by atoms with Gasteiger partial charge in [-0.3, -0.25) is 0 Å². The molecule has 0 spiro atoms. The van der Waals surface area contributed by atoms with Gasteiger partial charge in [0.1, 0.15) is 6.61 Å². The molecule has 3 heteroatoms. The van der Waals surface area contributed by atoms with Crippen LogP contribution < -0.4 is 0 Å². The Morgan fingerprint density at radius 1 is 1.35 bits per heavy atom. The van der Waals surface area contributed by atoms with E-state index in [4.69, 9.17) is 9.47 Å². The topological polar surface area (TPSA) is 35.5 Å². The summed E-state index contributed by atoms with van der Waals surface area (Å²) in [6, 6.07) is 9.59. The van der Waals surface area contributed by atoms with Crippen LogP contribution in [0.3, 0.4) is 0 Å². The van der Waals surface area contributed by atoms with Crippen LogP contribution in [-0.2, 0) is 20.9 Å². The molecule has 0 N–H and O–H groups in total. The molecule has 0 heterocycles. The van der Waals surface area contributed by atoms with Gasteiger partial charge in [-0.1, -0.05) is 37.3 Å². The van der Waals surface area contributed by atoms with Crippen molar-refractivity contribution >= 4 is 5.97 Å². The first-order valence-electron chi connectivity index (χ1n) is 5.68. The van der Waals surface area contributed by atoms with Crippen LogP contribution in [0.2, 0.25) is 0 Å². The Kier molecular flexibility index (Phi) is 6.04. The monoisotopic (exact) mass is 234 g/mol. The Labute approximate surface area is 102 Å². The van der Waals surface area contributed by atoms with Crippen LogP contribution in [0.25, 0.3) is 0 Å². The number of methoxy groups -OCH3 is 1. The van der Waals surface area contributed by atoms with E-state index in [1.807, 2.05) is 37.3 Å². The van der Waals surface area contributed by atoms with Gasteiger partial charge in [-0.25, -0.2) is 4.79 Å². The second-order valence-electron chi connectivity index (χ2n) is 3.63. The van der Waals surface area contributed by atoms with Crippen molar-refractivity contribution in [2.75, 3.05) is 7.11 Å². The fourth-order valence-corrected chi connectivity index (χ4v) is 1.34. The fourth-order valence-electron chi connectivity index (χ4n) is 1.34. The maximum atomic E-state index is 11.4.